The molecule has 0 aromatic carbocycles. The minimum absolute atomic E-state index is 0.783. The molecule has 2 aliphatic rings. The van der Waals surface area contributed by atoms with Gasteiger partial charge in [0, 0.05) is 0 Å². The molecule has 11 heavy (non-hydrogen) atoms. The van der Waals surface area contributed by atoms with Crippen molar-refractivity contribution in [3.05, 3.63) is 0 Å². The third-order valence-corrected chi connectivity index (χ3v) is 3.90. The number of fused-ring (bicyclic) bond motifs is 2. The summed E-state index contributed by atoms with van der Waals surface area (Å²) >= 11 is 0. The van der Waals surface area contributed by atoms with Crippen molar-refractivity contribution in [3.63, 3.8) is 0 Å². The predicted octanol–water partition coefficient (Wildman–Crippen LogP) is 2.02. The molecule has 2 bridgehead atoms. The lowest BCUT2D eigenvalue weighted by Crippen LogP contribution is -2.24. The van der Waals surface area contributed by atoms with Crippen LogP contribution in [-0.2, 0) is 0 Å². The monoisotopic (exact) mass is 153 g/mol. The average molecular weight is 153 g/mol. The molecule has 0 saturated heterocycles. The van der Waals surface area contributed by atoms with Crippen LogP contribution in [0.15, 0.2) is 0 Å². The minimum atomic E-state index is 0.783. The first-order chi connectivity index (χ1) is 5.31. The van der Waals surface area contributed by atoms with Crippen LogP contribution in [0.5, 0.6) is 0 Å². The summed E-state index contributed by atoms with van der Waals surface area (Å²) < 4.78 is 0. The molecule has 0 aromatic heterocycles. The van der Waals surface area contributed by atoms with Crippen molar-refractivity contribution in [2.75, 3.05) is 6.54 Å². The van der Waals surface area contributed by atoms with E-state index in [1.807, 2.05) is 0 Å². The molecule has 2 saturated carbocycles. The molecule has 4 atom stereocenters. The van der Waals surface area contributed by atoms with Crippen molar-refractivity contribution in [1.82, 2.24) is 0 Å². The molecule has 1 nitrogen and oxygen atoms in total. The zero-order valence-corrected chi connectivity index (χ0v) is 7.42. The molecule has 0 spiro atoms. The van der Waals surface area contributed by atoms with Gasteiger partial charge in [-0.05, 0) is 49.5 Å². The summed E-state index contributed by atoms with van der Waals surface area (Å²) in [6, 6.07) is 0. The summed E-state index contributed by atoms with van der Waals surface area (Å²) in [7, 11) is 0. The van der Waals surface area contributed by atoms with Gasteiger partial charge in [-0.15, -0.1) is 0 Å². The first-order valence-electron chi connectivity index (χ1n) is 5.01. The van der Waals surface area contributed by atoms with Gasteiger partial charge in [-0.25, -0.2) is 0 Å². The van der Waals surface area contributed by atoms with Crippen molar-refractivity contribution < 1.29 is 0 Å². The van der Waals surface area contributed by atoms with Gasteiger partial charge in [-0.1, -0.05) is 13.3 Å². The van der Waals surface area contributed by atoms with Crippen molar-refractivity contribution in [3.8, 4) is 0 Å². The molecule has 0 heterocycles. The lowest BCUT2D eigenvalue weighted by atomic mass is 9.80. The number of hydrogen-bond acceptors (Lipinski definition) is 1. The van der Waals surface area contributed by atoms with E-state index < -0.39 is 0 Å². The molecule has 0 aromatic rings. The zero-order chi connectivity index (χ0) is 7.84. The Morgan fingerprint density at radius 3 is 2.64 bits per heavy atom. The third kappa shape index (κ3) is 1.20. The van der Waals surface area contributed by atoms with Crippen LogP contribution in [0.3, 0.4) is 0 Å². The van der Waals surface area contributed by atoms with E-state index in [1.165, 1.54) is 25.7 Å². The van der Waals surface area contributed by atoms with Gasteiger partial charge in [-0.2, -0.15) is 0 Å². The molecule has 1 heteroatoms. The van der Waals surface area contributed by atoms with Crippen molar-refractivity contribution >= 4 is 0 Å². The van der Waals surface area contributed by atoms with Crippen LogP contribution in [0.2, 0.25) is 0 Å². The van der Waals surface area contributed by atoms with Gasteiger partial charge in [-0.3, -0.25) is 0 Å². The number of hydrogen-bond donors (Lipinski definition) is 1. The summed E-state index contributed by atoms with van der Waals surface area (Å²) in [6.07, 6.45) is 6.02. The molecule has 0 amide bonds. The SMILES string of the molecule is CC(CN)C1CC2CCC1C2. The van der Waals surface area contributed by atoms with E-state index in [0.717, 1.165) is 30.2 Å². The maximum atomic E-state index is 5.68. The summed E-state index contributed by atoms with van der Waals surface area (Å²) in [6.45, 7) is 3.22. The van der Waals surface area contributed by atoms with E-state index in [9.17, 15) is 0 Å². The van der Waals surface area contributed by atoms with E-state index >= 15 is 0 Å². The largest absolute Gasteiger partial charge is 0.330 e. The molecular formula is C10H19N. The second-order valence-electron chi connectivity index (χ2n) is 4.55. The van der Waals surface area contributed by atoms with Crippen LogP contribution >= 0.6 is 0 Å². The third-order valence-electron chi connectivity index (χ3n) is 3.90. The van der Waals surface area contributed by atoms with Crippen LogP contribution in [0.25, 0.3) is 0 Å². The maximum Gasteiger partial charge on any atom is -0.00488 e. The first-order valence-corrected chi connectivity index (χ1v) is 5.01. The Hall–Kier alpha value is -0.0400. The van der Waals surface area contributed by atoms with E-state index in [4.69, 9.17) is 5.73 Å². The summed E-state index contributed by atoms with van der Waals surface area (Å²) in [5.41, 5.74) is 5.68. The highest BCUT2D eigenvalue weighted by molar-refractivity contribution is 4.91. The fourth-order valence-corrected chi connectivity index (χ4v) is 3.17. The highest BCUT2D eigenvalue weighted by Crippen LogP contribution is 2.50. The second kappa shape index (κ2) is 2.78. The molecule has 4 unspecified atom stereocenters. The van der Waals surface area contributed by atoms with E-state index in [0.29, 0.717) is 0 Å². The Bertz CT molecular complexity index is 144. The first kappa shape index (κ1) is 7.60. The second-order valence-corrected chi connectivity index (χ2v) is 4.55. The highest BCUT2D eigenvalue weighted by Gasteiger charge is 2.41. The Kier molecular flexibility index (Phi) is 1.92. The van der Waals surface area contributed by atoms with Crippen LogP contribution in [0.1, 0.15) is 32.6 Å². The quantitative estimate of drug-likeness (QED) is 0.645. The molecular weight excluding hydrogens is 134 g/mol. The van der Waals surface area contributed by atoms with Crippen LogP contribution in [0, 0.1) is 23.7 Å². The van der Waals surface area contributed by atoms with Crippen LogP contribution < -0.4 is 5.73 Å². The van der Waals surface area contributed by atoms with E-state index in [-0.39, 0.29) is 0 Å². The Labute approximate surface area is 69.4 Å². The lowest BCUT2D eigenvalue weighted by Gasteiger charge is -2.26. The van der Waals surface area contributed by atoms with Gasteiger partial charge < -0.3 is 5.73 Å². The summed E-state index contributed by atoms with van der Waals surface area (Å²) in [5.74, 6) is 3.90. The fraction of sp³-hybridized carbons (Fsp3) is 1.00. The van der Waals surface area contributed by atoms with Crippen molar-refractivity contribution in [2.24, 2.45) is 29.4 Å². The summed E-state index contributed by atoms with van der Waals surface area (Å²) in [5, 5.41) is 0. The smallest absolute Gasteiger partial charge is 0.00488 e. The number of nitrogens with two attached hydrogens (primary N) is 1. The number of rotatable bonds is 2. The summed E-state index contributed by atoms with van der Waals surface area (Å²) in [4.78, 5) is 0. The fourth-order valence-electron chi connectivity index (χ4n) is 3.17. The van der Waals surface area contributed by atoms with E-state index in [2.05, 4.69) is 6.92 Å². The maximum absolute atomic E-state index is 5.68. The van der Waals surface area contributed by atoms with E-state index in [1.54, 1.807) is 0 Å². The standard InChI is InChI=1S/C10H19N/c1-7(6-11)10-5-8-2-3-9(10)4-8/h7-10H,2-6,11H2,1H3. The Morgan fingerprint density at radius 2 is 2.18 bits per heavy atom. The lowest BCUT2D eigenvalue weighted by molar-refractivity contribution is 0.246. The Balaban J connectivity index is 1.96. The van der Waals surface area contributed by atoms with Crippen molar-refractivity contribution in [2.45, 2.75) is 32.6 Å². The van der Waals surface area contributed by atoms with Gasteiger partial charge in [0.1, 0.15) is 0 Å². The molecule has 0 aliphatic heterocycles. The molecule has 2 fully saturated rings. The average Bonchev–Trinajstić information content (AvgIpc) is 2.62. The predicted molar refractivity (Wildman–Crippen MR) is 47.2 cm³/mol. The minimum Gasteiger partial charge on any atom is -0.330 e. The molecule has 0 radical (unpaired) electrons. The van der Waals surface area contributed by atoms with Crippen LogP contribution in [-0.4, -0.2) is 6.54 Å². The van der Waals surface area contributed by atoms with Gasteiger partial charge >= 0.3 is 0 Å². The molecule has 2 N–H and O–H groups in total. The van der Waals surface area contributed by atoms with Gasteiger partial charge in [0.15, 0.2) is 0 Å². The molecule has 64 valence electrons. The van der Waals surface area contributed by atoms with Crippen molar-refractivity contribution in [1.29, 1.82) is 0 Å². The van der Waals surface area contributed by atoms with Gasteiger partial charge in [0.05, 0.1) is 0 Å². The topological polar surface area (TPSA) is 26.0 Å². The molecule has 2 rings (SSSR count). The normalized spacial score (nSPS) is 44.7. The Morgan fingerprint density at radius 1 is 1.36 bits per heavy atom. The molecule has 2 aliphatic carbocycles. The van der Waals surface area contributed by atoms with Gasteiger partial charge in [0.2, 0.25) is 0 Å². The highest BCUT2D eigenvalue weighted by atomic mass is 14.6. The van der Waals surface area contributed by atoms with Crippen LogP contribution in [0.4, 0.5) is 0 Å². The zero-order valence-electron chi connectivity index (χ0n) is 7.42. The van der Waals surface area contributed by atoms with Gasteiger partial charge in [0.25, 0.3) is 0 Å².